The maximum absolute atomic E-state index is 6.57. The number of rotatable bonds is 4. The Bertz CT molecular complexity index is 1010. The van der Waals surface area contributed by atoms with E-state index < -0.39 is 0 Å². The smallest absolute Gasteiger partial charge is 0.135 e. The molecule has 2 aliphatic heterocycles. The van der Waals surface area contributed by atoms with Crippen LogP contribution < -0.4 is 9.47 Å². The molecule has 2 heterocycles. The second-order valence-corrected chi connectivity index (χ2v) is 10.6. The maximum atomic E-state index is 6.57. The highest BCUT2D eigenvalue weighted by Gasteiger charge is 2.41. The zero-order chi connectivity index (χ0) is 22.7. The van der Waals surface area contributed by atoms with Crippen LogP contribution in [0.3, 0.4) is 0 Å². The fourth-order valence-electron chi connectivity index (χ4n) is 5.16. The molecule has 5 rings (SSSR count). The monoisotopic (exact) mass is 426 g/mol. The highest BCUT2D eigenvalue weighted by Crippen LogP contribution is 2.49. The molecular formula is C30H34O2. The van der Waals surface area contributed by atoms with Gasteiger partial charge in [0.1, 0.15) is 22.7 Å². The van der Waals surface area contributed by atoms with Crippen molar-refractivity contribution in [2.45, 2.75) is 77.4 Å². The van der Waals surface area contributed by atoms with Crippen molar-refractivity contribution in [3.63, 3.8) is 0 Å². The molecule has 2 unspecified atom stereocenters. The molecule has 0 saturated carbocycles. The summed E-state index contributed by atoms with van der Waals surface area (Å²) in [6.45, 7) is 13.3. The van der Waals surface area contributed by atoms with Gasteiger partial charge in [0.2, 0.25) is 0 Å². The van der Waals surface area contributed by atoms with E-state index in [9.17, 15) is 0 Å². The lowest BCUT2D eigenvalue weighted by Crippen LogP contribution is -2.27. The molecule has 0 bridgehead atoms. The van der Waals surface area contributed by atoms with Gasteiger partial charge in [-0.25, -0.2) is 0 Å². The van der Waals surface area contributed by atoms with Crippen LogP contribution in [-0.4, -0.2) is 0 Å². The van der Waals surface area contributed by atoms with Crippen molar-refractivity contribution < 1.29 is 9.47 Å². The van der Waals surface area contributed by atoms with Crippen LogP contribution in [0.4, 0.5) is 0 Å². The second kappa shape index (κ2) is 7.40. The molecule has 0 aliphatic carbocycles. The third-order valence-electron chi connectivity index (χ3n) is 7.35. The van der Waals surface area contributed by atoms with Crippen LogP contribution in [0.15, 0.2) is 60.7 Å². The molecule has 0 radical (unpaired) electrons. The average molecular weight is 427 g/mol. The van der Waals surface area contributed by atoms with Crippen LogP contribution in [0.2, 0.25) is 0 Å². The molecule has 0 aromatic heterocycles. The highest BCUT2D eigenvalue weighted by molar-refractivity contribution is 5.54. The van der Waals surface area contributed by atoms with Gasteiger partial charge < -0.3 is 9.47 Å². The molecule has 2 aliphatic rings. The van der Waals surface area contributed by atoms with Crippen molar-refractivity contribution in [2.75, 3.05) is 0 Å². The van der Waals surface area contributed by atoms with Gasteiger partial charge in [-0.05, 0) is 60.1 Å². The van der Waals surface area contributed by atoms with Crippen molar-refractivity contribution in [2.24, 2.45) is 0 Å². The van der Waals surface area contributed by atoms with E-state index in [0.29, 0.717) is 11.8 Å². The summed E-state index contributed by atoms with van der Waals surface area (Å²) in [5, 5.41) is 0. The van der Waals surface area contributed by atoms with Gasteiger partial charge in [0.25, 0.3) is 0 Å². The van der Waals surface area contributed by atoms with Gasteiger partial charge in [0, 0.05) is 24.0 Å². The van der Waals surface area contributed by atoms with Gasteiger partial charge in [-0.2, -0.15) is 0 Å². The lowest BCUT2D eigenvalue weighted by atomic mass is 9.88. The van der Waals surface area contributed by atoms with E-state index in [1.165, 1.54) is 33.4 Å². The van der Waals surface area contributed by atoms with E-state index in [4.69, 9.17) is 9.47 Å². The van der Waals surface area contributed by atoms with Crippen molar-refractivity contribution in [3.8, 4) is 11.5 Å². The maximum Gasteiger partial charge on any atom is 0.135 e. The number of fused-ring (bicyclic) bond motifs is 2. The molecular weight excluding hydrogens is 392 g/mol. The Hall–Kier alpha value is -2.74. The molecule has 0 fully saturated rings. The fourth-order valence-corrected chi connectivity index (χ4v) is 5.16. The summed E-state index contributed by atoms with van der Waals surface area (Å²) < 4.78 is 13.1. The van der Waals surface area contributed by atoms with E-state index in [1.807, 2.05) is 0 Å². The molecule has 3 aromatic carbocycles. The number of ether oxygens (including phenoxy) is 2. The third-order valence-corrected chi connectivity index (χ3v) is 7.35. The fraction of sp³-hybridized carbons (Fsp3) is 0.400. The quantitative estimate of drug-likeness (QED) is 0.427. The third kappa shape index (κ3) is 3.50. The predicted octanol–water partition coefficient (Wildman–Crippen LogP) is 7.63. The van der Waals surface area contributed by atoms with E-state index in [1.54, 1.807) is 0 Å². The summed E-state index contributed by atoms with van der Waals surface area (Å²) in [4.78, 5) is 0. The number of benzene rings is 3. The zero-order valence-corrected chi connectivity index (χ0v) is 20.2. The van der Waals surface area contributed by atoms with Crippen molar-refractivity contribution in [1.82, 2.24) is 0 Å². The minimum atomic E-state index is -0.330. The molecule has 0 saturated heterocycles. The lowest BCUT2D eigenvalue weighted by Gasteiger charge is -2.25. The van der Waals surface area contributed by atoms with Gasteiger partial charge in [0.15, 0.2) is 0 Å². The highest BCUT2D eigenvalue weighted by atomic mass is 16.5. The molecule has 2 atom stereocenters. The van der Waals surface area contributed by atoms with E-state index in [-0.39, 0.29) is 11.2 Å². The second-order valence-electron chi connectivity index (χ2n) is 10.6. The SMILES string of the molecule is CC(C)c1ccc(C2(C)Cc3cc4c(cc3O2)CC(C)(c2ccc(C(C)C)cc2)O4)cc1. The summed E-state index contributed by atoms with van der Waals surface area (Å²) in [5.41, 5.74) is 6.99. The normalized spacial score (nSPS) is 23.8. The van der Waals surface area contributed by atoms with Gasteiger partial charge in [-0.15, -0.1) is 0 Å². The minimum Gasteiger partial charge on any atom is -0.482 e. The first-order valence-electron chi connectivity index (χ1n) is 11.9. The van der Waals surface area contributed by atoms with Gasteiger partial charge in [0.05, 0.1) is 0 Å². The van der Waals surface area contributed by atoms with Crippen molar-refractivity contribution in [1.29, 1.82) is 0 Å². The molecule has 166 valence electrons. The Morgan fingerprint density at radius 2 is 0.938 bits per heavy atom. The van der Waals surface area contributed by atoms with E-state index in [2.05, 4.69) is 102 Å². The van der Waals surface area contributed by atoms with E-state index in [0.717, 1.165) is 24.3 Å². The van der Waals surface area contributed by atoms with Crippen LogP contribution in [0.5, 0.6) is 11.5 Å². The average Bonchev–Trinajstić information content (AvgIpc) is 3.27. The van der Waals surface area contributed by atoms with Crippen molar-refractivity contribution in [3.05, 3.63) is 94.0 Å². The van der Waals surface area contributed by atoms with Crippen LogP contribution in [-0.2, 0) is 24.0 Å². The Morgan fingerprint density at radius 3 is 1.25 bits per heavy atom. The van der Waals surface area contributed by atoms with Crippen LogP contribution >= 0.6 is 0 Å². The summed E-state index contributed by atoms with van der Waals surface area (Å²) >= 11 is 0. The number of hydrogen-bond acceptors (Lipinski definition) is 2. The summed E-state index contributed by atoms with van der Waals surface area (Å²) in [6.07, 6.45) is 1.72. The molecule has 3 aromatic rings. The molecule has 0 N–H and O–H groups in total. The molecule has 32 heavy (non-hydrogen) atoms. The van der Waals surface area contributed by atoms with Crippen LogP contribution in [0.25, 0.3) is 0 Å². The van der Waals surface area contributed by atoms with Crippen LogP contribution in [0.1, 0.15) is 86.8 Å². The van der Waals surface area contributed by atoms with Gasteiger partial charge in [-0.3, -0.25) is 0 Å². The zero-order valence-electron chi connectivity index (χ0n) is 20.2. The largest absolute Gasteiger partial charge is 0.482 e. The van der Waals surface area contributed by atoms with Gasteiger partial charge in [-0.1, -0.05) is 76.2 Å². The molecule has 2 nitrogen and oxygen atoms in total. The first-order valence-corrected chi connectivity index (χ1v) is 11.9. The predicted molar refractivity (Wildman–Crippen MR) is 131 cm³/mol. The Balaban J connectivity index is 1.38. The summed E-state index contributed by atoms with van der Waals surface area (Å²) in [7, 11) is 0. The topological polar surface area (TPSA) is 18.5 Å². The Labute approximate surface area is 192 Å². The molecule has 2 heteroatoms. The van der Waals surface area contributed by atoms with E-state index >= 15 is 0 Å². The van der Waals surface area contributed by atoms with Gasteiger partial charge >= 0.3 is 0 Å². The summed E-state index contributed by atoms with van der Waals surface area (Å²) in [6, 6.07) is 22.3. The first kappa shape index (κ1) is 21.1. The van der Waals surface area contributed by atoms with Crippen molar-refractivity contribution >= 4 is 0 Å². The first-order chi connectivity index (χ1) is 15.2. The lowest BCUT2D eigenvalue weighted by molar-refractivity contribution is 0.114. The number of hydrogen-bond donors (Lipinski definition) is 0. The standard InChI is InChI=1S/C30H34O2/c1-19(2)21-7-11-25(12-8-21)29(5)17-23-15-28-24(16-27(23)31-29)18-30(6,32-28)26-13-9-22(10-14-26)20(3)4/h7-16,19-20H,17-18H2,1-6H3. The molecule has 0 spiro atoms. The van der Waals surface area contributed by atoms with Crippen LogP contribution in [0, 0.1) is 0 Å². The minimum absolute atomic E-state index is 0.330. The Kier molecular flexibility index (Phi) is 4.89. The Morgan fingerprint density at radius 1 is 0.594 bits per heavy atom. The molecule has 0 amide bonds. The summed E-state index contributed by atoms with van der Waals surface area (Å²) in [5.74, 6) is 3.08.